The van der Waals surface area contributed by atoms with Crippen LogP contribution in [0.1, 0.15) is 25.3 Å². The predicted molar refractivity (Wildman–Crippen MR) is 177 cm³/mol. The molecule has 2 aliphatic rings. The third-order valence-corrected chi connectivity index (χ3v) is 10.7. The molecule has 14 nitrogen and oxygen atoms in total. The van der Waals surface area contributed by atoms with Crippen LogP contribution in [0.25, 0.3) is 11.1 Å². The van der Waals surface area contributed by atoms with E-state index in [1.807, 2.05) is 24.3 Å². The molecule has 6 rings (SSSR count). The van der Waals surface area contributed by atoms with Crippen molar-refractivity contribution in [1.82, 2.24) is 34.5 Å². The molecule has 3 N–H and O–H groups in total. The minimum Gasteiger partial charge on any atom is -0.465 e. The van der Waals surface area contributed by atoms with Crippen LogP contribution in [-0.2, 0) is 31.6 Å². The molecule has 1 saturated heterocycles. The number of carboxylic acid groups (broad SMARTS) is 1. The number of imidazole rings is 1. The Bertz CT molecular complexity index is 1970. The van der Waals surface area contributed by atoms with Gasteiger partial charge in [-0.25, -0.2) is 33.1 Å². The van der Waals surface area contributed by atoms with E-state index in [2.05, 4.69) is 25.6 Å². The first-order valence-electron chi connectivity index (χ1n) is 14.9. The fourth-order valence-corrected chi connectivity index (χ4v) is 8.52. The van der Waals surface area contributed by atoms with Crippen molar-refractivity contribution in [1.29, 1.82) is 0 Å². The molecule has 2 atom stereocenters. The lowest BCUT2D eigenvalue weighted by Crippen LogP contribution is -2.48. The summed E-state index contributed by atoms with van der Waals surface area (Å²) in [5, 5.41) is 13.8. The van der Waals surface area contributed by atoms with Gasteiger partial charge in [-0.15, -0.1) is 0 Å². The summed E-state index contributed by atoms with van der Waals surface area (Å²) in [6.07, 6.45) is 5.54. The third kappa shape index (κ3) is 6.21. The van der Waals surface area contributed by atoms with Crippen LogP contribution in [0.3, 0.4) is 0 Å². The van der Waals surface area contributed by atoms with Gasteiger partial charge in [-0.2, -0.15) is 4.31 Å². The van der Waals surface area contributed by atoms with E-state index in [0.29, 0.717) is 12.1 Å². The van der Waals surface area contributed by atoms with Crippen molar-refractivity contribution in [3.8, 4) is 11.1 Å². The van der Waals surface area contributed by atoms with Crippen molar-refractivity contribution in [3.05, 3.63) is 83.0 Å². The molecule has 0 unspecified atom stereocenters. The summed E-state index contributed by atoms with van der Waals surface area (Å²) in [5.74, 6) is -0.956. The SMILES string of the molecule is C[C@@]1(Cc2ccc(-c3cncnc3)cc2)C(=O)N(c2cc(Cl)cc(Cl)c2)c2ncc(S(=O)(=O)N3CCC[C@H]3C(=O)NCCNC(=O)O)n21. The van der Waals surface area contributed by atoms with Crippen molar-refractivity contribution in [2.24, 2.45) is 0 Å². The lowest BCUT2D eigenvalue weighted by atomic mass is 9.91. The first-order chi connectivity index (χ1) is 22.9. The summed E-state index contributed by atoms with van der Waals surface area (Å²) in [6, 6.07) is 11.0. The van der Waals surface area contributed by atoms with Gasteiger partial charge in [-0.1, -0.05) is 47.5 Å². The lowest BCUT2D eigenvalue weighted by Gasteiger charge is -2.29. The molecule has 17 heteroatoms. The van der Waals surface area contributed by atoms with Crippen LogP contribution in [0.4, 0.5) is 16.4 Å². The number of sulfonamides is 1. The number of amides is 3. The molecule has 2 aliphatic heterocycles. The maximum absolute atomic E-state index is 14.5. The van der Waals surface area contributed by atoms with Crippen LogP contribution in [-0.4, -0.2) is 80.9 Å². The van der Waals surface area contributed by atoms with Crippen molar-refractivity contribution in [3.63, 3.8) is 0 Å². The number of anilines is 2. The second-order valence-electron chi connectivity index (χ2n) is 11.6. The summed E-state index contributed by atoms with van der Waals surface area (Å²) >= 11 is 12.6. The van der Waals surface area contributed by atoms with Gasteiger partial charge in [-0.3, -0.25) is 14.2 Å². The summed E-state index contributed by atoms with van der Waals surface area (Å²) in [7, 11) is -4.39. The number of carbonyl (C=O) groups excluding carboxylic acids is 2. The van der Waals surface area contributed by atoms with Crippen molar-refractivity contribution in [2.75, 3.05) is 24.5 Å². The predicted octanol–water partition coefficient (Wildman–Crippen LogP) is 3.82. The fraction of sp³-hybridized carbons (Fsp3) is 0.290. The van der Waals surface area contributed by atoms with E-state index >= 15 is 0 Å². The highest BCUT2D eigenvalue weighted by molar-refractivity contribution is 7.89. The zero-order chi connectivity index (χ0) is 34.2. The molecule has 1 fully saturated rings. The maximum Gasteiger partial charge on any atom is 0.404 e. The van der Waals surface area contributed by atoms with Gasteiger partial charge >= 0.3 is 6.09 Å². The molecular formula is C31H30Cl2N8O6S. The molecule has 0 aliphatic carbocycles. The number of halogens is 2. The molecule has 0 bridgehead atoms. The molecular weight excluding hydrogens is 683 g/mol. The molecule has 4 heterocycles. The molecule has 2 aromatic heterocycles. The molecule has 3 amide bonds. The molecule has 0 saturated carbocycles. The summed E-state index contributed by atoms with van der Waals surface area (Å²) < 4.78 is 31.3. The third-order valence-electron chi connectivity index (χ3n) is 8.35. The molecule has 250 valence electrons. The van der Waals surface area contributed by atoms with Crippen LogP contribution in [0.5, 0.6) is 0 Å². The summed E-state index contributed by atoms with van der Waals surface area (Å²) in [4.78, 5) is 52.2. The highest BCUT2D eigenvalue weighted by Crippen LogP contribution is 2.45. The van der Waals surface area contributed by atoms with Crippen LogP contribution < -0.4 is 15.5 Å². The topological polar surface area (TPSA) is 180 Å². The number of rotatable bonds is 10. The van der Waals surface area contributed by atoms with E-state index in [1.165, 1.54) is 28.1 Å². The van der Waals surface area contributed by atoms with E-state index in [9.17, 15) is 22.8 Å². The quantitative estimate of drug-likeness (QED) is 0.206. The molecule has 4 aromatic rings. The first-order valence-corrected chi connectivity index (χ1v) is 17.1. The second kappa shape index (κ2) is 13.1. The normalized spacial score (nSPS) is 19.4. The number of hydrogen-bond acceptors (Lipinski definition) is 8. The van der Waals surface area contributed by atoms with Gasteiger partial charge in [0.05, 0.1) is 11.9 Å². The van der Waals surface area contributed by atoms with Gasteiger partial charge in [0.15, 0.2) is 5.03 Å². The zero-order valence-corrected chi connectivity index (χ0v) is 27.8. The number of aromatic nitrogens is 4. The number of nitrogens with zero attached hydrogens (tertiary/aromatic N) is 6. The monoisotopic (exact) mass is 712 g/mol. The fourth-order valence-electron chi connectivity index (χ4n) is 6.16. The largest absolute Gasteiger partial charge is 0.465 e. The van der Waals surface area contributed by atoms with E-state index in [-0.39, 0.29) is 53.5 Å². The van der Waals surface area contributed by atoms with Crippen LogP contribution in [0.2, 0.25) is 10.0 Å². The van der Waals surface area contributed by atoms with Gasteiger partial charge in [0, 0.05) is 54.1 Å². The number of fused-ring (bicyclic) bond motifs is 1. The Balaban J connectivity index is 1.38. The Labute approximate surface area is 285 Å². The van der Waals surface area contributed by atoms with Crippen LogP contribution >= 0.6 is 23.2 Å². The van der Waals surface area contributed by atoms with E-state index in [0.717, 1.165) is 21.0 Å². The van der Waals surface area contributed by atoms with Gasteiger partial charge in [0.25, 0.3) is 15.9 Å². The Hall–Kier alpha value is -4.57. The number of carbonyl (C=O) groups is 3. The smallest absolute Gasteiger partial charge is 0.404 e. The zero-order valence-electron chi connectivity index (χ0n) is 25.5. The highest BCUT2D eigenvalue weighted by Gasteiger charge is 2.53. The molecule has 2 aromatic carbocycles. The van der Waals surface area contributed by atoms with E-state index in [1.54, 1.807) is 31.5 Å². The number of benzene rings is 2. The van der Waals surface area contributed by atoms with E-state index in [4.69, 9.17) is 28.3 Å². The maximum atomic E-state index is 14.5. The van der Waals surface area contributed by atoms with E-state index < -0.39 is 39.5 Å². The van der Waals surface area contributed by atoms with Crippen LogP contribution in [0.15, 0.2) is 72.4 Å². The van der Waals surface area contributed by atoms with Gasteiger partial charge in [0.1, 0.15) is 17.9 Å². The lowest BCUT2D eigenvalue weighted by molar-refractivity contribution is -0.125. The van der Waals surface area contributed by atoms with Gasteiger partial charge in [-0.05, 0) is 49.1 Å². The average molecular weight is 714 g/mol. The molecule has 0 spiro atoms. The Morgan fingerprint density at radius 2 is 1.67 bits per heavy atom. The van der Waals surface area contributed by atoms with Crippen molar-refractivity contribution >= 4 is 62.8 Å². The van der Waals surface area contributed by atoms with Crippen molar-refractivity contribution in [2.45, 2.75) is 42.8 Å². The van der Waals surface area contributed by atoms with Crippen molar-refractivity contribution < 1.29 is 27.9 Å². The Kier molecular flexibility index (Phi) is 9.13. The second-order valence-corrected chi connectivity index (χ2v) is 14.3. The average Bonchev–Trinajstić information content (AvgIpc) is 3.77. The summed E-state index contributed by atoms with van der Waals surface area (Å²) in [6.45, 7) is 1.66. The molecule has 48 heavy (non-hydrogen) atoms. The summed E-state index contributed by atoms with van der Waals surface area (Å²) in [5.41, 5.74) is 1.24. The standard InChI is InChI=1S/C31H30Cl2N8O6S/c1-31(14-19-4-6-20(7-5-19)21-15-34-18-35-16-21)28(43)40(24-12-22(32)11-23(33)13-24)29-38-17-26(41(29)31)48(46,47)39-10-2-3-25(39)27(42)36-8-9-37-30(44)45/h4-7,11-13,15-18,25,37H,2-3,8-10,14H2,1H3,(H,36,42)(H,44,45)/t25-,31+/m0/s1. The Morgan fingerprint density at radius 1 is 1.00 bits per heavy atom. The van der Waals surface area contributed by atoms with Gasteiger partial charge in [0.2, 0.25) is 11.9 Å². The minimum atomic E-state index is -4.39. The highest BCUT2D eigenvalue weighted by atomic mass is 35.5. The minimum absolute atomic E-state index is 0.0165. The number of nitrogens with one attached hydrogen (secondary N) is 2. The van der Waals surface area contributed by atoms with Gasteiger partial charge < -0.3 is 15.7 Å². The first kappa shape index (κ1) is 33.3. The Morgan fingerprint density at radius 3 is 2.33 bits per heavy atom. The number of hydrogen-bond donors (Lipinski definition) is 3. The van der Waals surface area contributed by atoms with Crippen LogP contribution in [0, 0.1) is 0 Å². The molecule has 0 radical (unpaired) electrons.